The van der Waals surface area contributed by atoms with Gasteiger partial charge in [0, 0.05) is 17.6 Å². The maximum absolute atomic E-state index is 13.6. The van der Waals surface area contributed by atoms with Crippen LogP contribution in [-0.2, 0) is 18.9 Å². The Morgan fingerprint density at radius 2 is 1.66 bits per heavy atom. The van der Waals surface area contributed by atoms with Crippen molar-refractivity contribution in [2.24, 2.45) is 0 Å². The molecule has 2 aromatic carbocycles. The highest BCUT2D eigenvalue weighted by atomic mass is 19.4. The molecule has 0 aliphatic heterocycles. The van der Waals surface area contributed by atoms with E-state index in [0.29, 0.717) is 17.7 Å². The van der Waals surface area contributed by atoms with E-state index in [9.17, 15) is 39.5 Å². The van der Waals surface area contributed by atoms with Crippen molar-refractivity contribution in [2.75, 3.05) is 5.32 Å². The second-order valence-electron chi connectivity index (χ2n) is 6.98. The first-order valence-corrected chi connectivity index (χ1v) is 9.29. The smallest absolute Gasteiger partial charge is 0.452 e. The van der Waals surface area contributed by atoms with E-state index in [1.54, 1.807) is 0 Å². The van der Waals surface area contributed by atoms with Crippen LogP contribution in [0, 0.1) is 0 Å². The number of aromatic amines is 1. The molecule has 0 amide bonds. The Morgan fingerprint density at radius 1 is 0.914 bits per heavy atom. The maximum atomic E-state index is 13.6. The van der Waals surface area contributed by atoms with E-state index < -0.39 is 47.2 Å². The highest BCUT2D eigenvalue weighted by Gasteiger charge is 2.41. The van der Waals surface area contributed by atoms with Crippen LogP contribution in [-0.4, -0.2) is 27.0 Å². The largest absolute Gasteiger partial charge is 0.573 e. The lowest BCUT2D eigenvalue weighted by atomic mass is 10.1. The molecule has 186 valence electrons. The molecule has 0 saturated carbocycles. The van der Waals surface area contributed by atoms with Crippen molar-refractivity contribution in [3.63, 3.8) is 0 Å². The molecule has 2 heterocycles. The second kappa shape index (κ2) is 8.35. The molecular formula is C19H10F9N5O2. The summed E-state index contributed by atoms with van der Waals surface area (Å²) in [6.45, 7) is -0.202. The van der Waals surface area contributed by atoms with Gasteiger partial charge in [0.1, 0.15) is 16.9 Å². The Kier molecular flexibility index (Phi) is 5.76. The maximum Gasteiger partial charge on any atom is 0.573 e. The van der Waals surface area contributed by atoms with Gasteiger partial charge in [-0.05, 0) is 35.0 Å². The number of hydrogen-bond donors (Lipinski definition) is 2. The molecular weight excluding hydrogens is 501 g/mol. The number of tetrazole rings is 1. The number of ether oxygens (including phenoxy) is 1. The van der Waals surface area contributed by atoms with Gasteiger partial charge in [0.25, 0.3) is 0 Å². The molecule has 2 N–H and O–H groups in total. The zero-order valence-corrected chi connectivity index (χ0v) is 16.7. The number of H-pyrrole nitrogens is 1. The van der Waals surface area contributed by atoms with Gasteiger partial charge in [-0.15, -0.1) is 23.4 Å². The highest BCUT2D eigenvalue weighted by Crippen LogP contribution is 2.43. The molecule has 0 fully saturated rings. The van der Waals surface area contributed by atoms with E-state index in [1.807, 2.05) is 5.21 Å². The van der Waals surface area contributed by atoms with Crippen LogP contribution in [0.3, 0.4) is 0 Å². The number of halogens is 9. The SMILES string of the molecule is FC(F)(F)Oc1ccc(NCc2ccc3c(C(F)(F)F)c(-c4nn[nH]n4)oc3c2)cc1C(F)(F)F. The van der Waals surface area contributed by atoms with E-state index in [1.165, 1.54) is 12.1 Å². The van der Waals surface area contributed by atoms with E-state index in [-0.39, 0.29) is 23.2 Å². The Balaban J connectivity index is 1.62. The van der Waals surface area contributed by atoms with Gasteiger partial charge in [0.2, 0.25) is 5.82 Å². The van der Waals surface area contributed by atoms with Crippen molar-refractivity contribution >= 4 is 16.7 Å². The summed E-state index contributed by atoms with van der Waals surface area (Å²) in [5.74, 6) is -2.54. The summed E-state index contributed by atoms with van der Waals surface area (Å²) in [4.78, 5) is 0. The first kappa shape index (κ1) is 24.2. The number of anilines is 1. The van der Waals surface area contributed by atoms with Crippen molar-refractivity contribution in [3.8, 4) is 17.3 Å². The summed E-state index contributed by atoms with van der Waals surface area (Å²) in [7, 11) is 0. The van der Waals surface area contributed by atoms with E-state index in [0.717, 1.165) is 12.1 Å². The molecule has 4 aromatic rings. The van der Waals surface area contributed by atoms with Crippen molar-refractivity contribution in [3.05, 3.63) is 53.1 Å². The summed E-state index contributed by atoms with van der Waals surface area (Å²) < 4.78 is 126. The van der Waals surface area contributed by atoms with Crippen LogP contribution in [0.2, 0.25) is 0 Å². The van der Waals surface area contributed by atoms with Gasteiger partial charge in [0.15, 0.2) is 5.76 Å². The molecule has 0 spiro atoms. The topological polar surface area (TPSA) is 88.9 Å². The minimum atomic E-state index is -5.33. The highest BCUT2D eigenvalue weighted by molar-refractivity contribution is 5.88. The summed E-state index contributed by atoms with van der Waals surface area (Å²) >= 11 is 0. The quantitative estimate of drug-likeness (QED) is 0.312. The number of nitrogens with one attached hydrogen (secondary N) is 2. The molecule has 0 radical (unpaired) electrons. The van der Waals surface area contributed by atoms with Crippen molar-refractivity contribution in [1.82, 2.24) is 20.6 Å². The number of rotatable bonds is 5. The molecule has 4 rings (SSSR count). The molecule has 35 heavy (non-hydrogen) atoms. The number of fused-ring (bicyclic) bond motifs is 1. The number of nitrogens with zero attached hydrogens (tertiary/aromatic N) is 3. The number of benzene rings is 2. The molecule has 2 aromatic heterocycles. The molecule has 0 atom stereocenters. The summed E-state index contributed by atoms with van der Waals surface area (Å²) in [5.41, 5.74) is -2.93. The van der Waals surface area contributed by atoms with Crippen molar-refractivity contribution in [1.29, 1.82) is 0 Å². The average molecular weight is 511 g/mol. The van der Waals surface area contributed by atoms with E-state index in [4.69, 9.17) is 4.42 Å². The molecule has 0 bridgehead atoms. The Bertz CT molecular complexity index is 1340. The summed E-state index contributed by atoms with van der Waals surface area (Å²) in [6.07, 6.45) is -15.3. The fourth-order valence-electron chi connectivity index (χ4n) is 3.23. The van der Waals surface area contributed by atoms with Crippen LogP contribution in [0.5, 0.6) is 5.75 Å². The van der Waals surface area contributed by atoms with Gasteiger partial charge >= 0.3 is 18.7 Å². The lowest BCUT2D eigenvalue weighted by molar-refractivity contribution is -0.276. The number of alkyl halides is 9. The van der Waals surface area contributed by atoms with Gasteiger partial charge in [-0.1, -0.05) is 12.1 Å². The fraction of sp³-hybridized carbons (Fsp3) is 0.211. The van der Waals surface area contributed by atoms with Crippen molar-refractivity contribution < 1.29 is 48.7 Å². The lowest BCUT2D eigenvalue weighted by Gasteiger charge is -2.17. The predicted molar refractivity (Wildman–Crippen MR) is 99.8 cm³/mol. The Hall–Kier alpha value is -3.98. The third kappa shape index (κ3) is 5.25. The molecule has 0 aliphatic rings. The molecule has 16 heteroatoms. The second-order valence-corrected chi connectivity index (χ2v) is 6.98. The Morgan fingerprint density at radius 3 is 2.26 bits per heavy atom. The summed E-state index contributed by atoms with van der Waals surface area (Å²) in [6, 6.07) is 5.43. The number of hydrogen-bond acceptors (Lipinski definition) is 6. The van der Waals surface area contributed by atoms with Crippen LogP contribution < -0.4 is 10.1 Å². The van der Waals surface area contributed by atoms with Crippen LogP contribution in [0.15, 0.2) is 40.8 Å². The monoisotopic (exact) mass is 511 g/mol. The normalized spacial score (nSPS) is 12.8. The first-order valence-electron chi connectivity index (χ1n) is 9.29. The first-order chi connectivity index (χ1) is 16.2. The van der Waals surface area contributed by atoms with Crippen LogP contribution >= 0.6 is 0 Å². The van der Waals surface area contributed by atoms with E-state index in [2.05, 4.69) is 25.5 Å². The lowest BCUT2D eigenvalue weighted by Crippen LogP contribution is -2.20. The summed E-state index contributed by atoms with van der Waals surface area (Å²) in [5, 5.41) is 14.4. The van der Waals surface area contributed by atoms with Crippen LogP contribution in [0.4, 0.5) is 45.2 Å². The van der Waals surface area contributed by atoms with Crippen LogP contribution in [0.25, 0.3) is 22.6 Å². The molecule has 7 nitrogen and oxygen atoms in total. The van der Waals surface area contributed by atoms with Gasteiger partial charge < -0.3 is 14.5 Å². The van der Waals surface area contributed by atoms with Crippen molar-refractivity contribution in [2.45, 2.75) is 25.3 Å². The van der Waals surface area contributed by atoms with Gasteiger partial charge in [-0.3, -0.25) is 0 Å². The molecule has 0 unspecified atom stereocenters. The van der Waals surface area contributed by atoms with E-state index >= 15 is 0 Å². The molecule has 0 aliphatic carbocycles. The molecule has 0 saturated heterocycles. The number of aromatic nitrogens is 4. The van der Waals surface area contributed by atoms with Gasteiger partial charge in [-0.25, -0.2) is 0 Å². The predicted octanol–water partition coefficient (Wildman–Crippen LogP) is 6.16. The van der Waals surface area contributed by atoms with Crippen LogP contribution in [0.1, 0.15) is 16.7 Å². The Labute approximate surface area is 187 Å². The number of furan rings is 1. The zero-order valence-electron chi connectivity index (χ0n) is 16.7. The van der Waals surface area contributed by atoms with Gasteiger partial charge in [-0.2, -0.15) is 31.6 Å². The minimum absolute atomic E-state index is 0.202. The standard InChI is InChI=1S/C19H10F9N5O2/c20-17(21,22)11-6-9(2-4-12(11)35-19(26,27)28)29-7-8-1-3-10-13(5-8)34-15(14(10)18(23,24)25)16-30-32-33-31-16/h1-6,29H,7H2,(H,30,31,32,33). The zero-order chi connectivity index (χ0) is 25.6. The average Bonchev–Trinajstić information content (AvgIpc) is 3.38. The van der Waals surface area contributed by atoms with Gasteiger partial charge in [0.05, 0.1) is 5.56 Å². The third-order valence-electron chi connectivity index (χ3n) is 4.59. The third-order valence-corrected chi connectivity index (χ3v) is 4.59. The fourth-order valence-corrected chi connectivity index (χ4v) is 3.23. The minimum Gasteiger partial charge on any atom is -0.452 e.